The second kappa shape index (κ2) is 10.4. The molecule has 1 atom stereocenters. The minimum Gasteiger partial charge on any atom is -0.355 e. The molecule has 154 valence electrons. The second-order valence-electron chi connectivity index (χ2n) is 6.85. The van der Waals surface area contributed by atoms with E-state index in [1.54, 1.807) is 41.6 Å². The first-order valence-corrected chi connectivity index (χ1v) is 11.1. The number of hydrogen-bond donors (Lipinski definition) is 2. The topological polar surface area (TPSA) is 95.6 Å². The molecule has 0 radical (unpaired) electrons. The van der Waals surface area contributed by atoms with E-state index < -0.39 is 16.1 Å². The van der Waals surface area contributed by atoms with Gasteiger partial charge in [-0.15, -0.1) is 0 Å². The van der Waals surface area contributed by atoms with Crippen molar-refractivity contribution in [2.45, 2.75) is 50.5 Å². The number of carbonyl (C=O) groups excluding carboxylic acids is 2. The van der Waals surface area contributed by atoms with Crippen molar-refractivity contribution in [3.63, 3.8) is 0 Å². The van der Waals surface area contributed by atoms with Crippen LogP contribution in [-0.4, -0.2) is 50.2 Å². The maximum atomic E-state index is 12.8. The molecule has 0 spiro atoms. The number of rotatable bonds is 7. The Labute approximate surface area is 167 Å². The number of hydrogen-bond acceptors (Lipinski definition) is 4. The van der Waals surface area contributed by atoms with Crippen LogP contribution in [0.1, 0.15) is 45.1 Å². The van der Waals surface area contributed by atoms with E-state index in [-0.39, 0.29) is 16.7 Å². The molecule has 0 aromatic heterocycles. The fourth-order valence-corrected chi connectivity index (χ4v) is 4.53. The van der Waals surface area contributed by atoms with Gasteiger partial charge in [-0.3, -0.25) is 9.59 Å². The summed E-state index contributed by atoms with van der Waals surface area (Å²) >= 11 is 0. The van der Waals surface area contributed by atoms with Gasteiger partial charge in [0.1, 0.15) is 6.04 Å². The van der Waals surface area contributed by atoms with Gasteiger partial charge >= 0.3 is 0 Å². The fraction of sp³-hybridized carbons (Fsp3) is 0.500. The standard InChI is InChI=1S/C20H29N3O4S/c1-3-21-20(25)16(2)22-19(24)13-10-17-8-11-18(12-9-17)28(26,27)23-14-6-4-5-7-15-23/h8-13,16H,3-7,14-15H2,1-2H3,(H,21,25)(H,22,24)/b13-10+/t16-/m0/s1. The Morgan fingerprint density at radius 2 is 1.71 bits per heavy atom. The van der Waals surface area contributed by atoms with Crippen molar-refractivity contribution in [1.82, 2.24) is 14.9 Å². The molecule has 2 rings (SSSR count). The number of amides is 2. The predicted octanol–water partition coefficient (Wildman–Crippen LogP) is 1.91. The number of likely N-dealkylation sites (N-methyl/N-ethyl adjacent to an activating group) is 1. The van der Waals surface area contributed by atoms with E-state index in [9.17, 15) is 18.0 Å². The van der Waals surface area contributed by atoms with Crippen LogP contribution < -0.4 is 10.6 Å². The van der Waals surface area contributed by atoms with Gasteiger partial charge in [0.05, 0.1) is 4.90 Å². The Morgan fingerprint density at radius 1 is 1.11 bits per heavy atom. The second-order valence-corrected chi connectivity index (χ2v) is 8.78. The first-order valence-electron chi connectivity index (χ1n) is 9.71. The maximum Gasteiger partial charge on any atom is 0.244 e. The van der Waals surface area contributed by atoms with Crippen LogP contribution in [0.5, 0.6) is 0 Å². The van der Waals surface area contributed by atoms with E-state index in [0.717, 1.165) is 25.7 Å². The third-order valence-electron chi connectivity index (χ3n) is 4.61. The van der Waals surface area contributed by atoms with E-state index in [4.69, 9.17) is 0 Å². The van der Waals surface area contributed by atoms with Crippen LogP contribution in [0.15, 0.2) is 35.2 Å². The molecular weight excluding hydrogens is 378 g/mol. The molecule has 1 aromatic carbocycles. The predicted molar refractivity (Wildman–Crippen MR) is 109 cm³/mol. The summed E-state index contributed by atoms with van der Waals surface area (Å²) in [6, 6.07) is 5.84. The van der Waals surface area contributed by atoms with Gasteiger partial charge < -0.3 is 10.6 Å². The Hall–Kier alpha value is -2.19. The van der Waals surface area contributed by atoms with Crippen molar-refractivity contribution in [1.29, 1.82) is 0 Å². The Morgan fingerprint density at radius 3 is 2.29 bits per heavy atom. The zero-order valence-electron chi connectivity index (χ0n) is 16.5. The number of carbonyl (C=O) groups is 2. The van der Waals surface area contributed by atoms with Crippen LogP contribution in [-0.2, 0) is 19.6 Å². The summed E-state index contributed by atoms with van der Waals surface area (Å²) < 4.78 is 27.1. The summed E-state index contributed by atoms with van der Waals surface area (Å²) in [6.07, 6.45) is 6.83. The molecule has 8 heteroatoms. The van der Waals surface area contributed by atoms with Crippen molar-refractivity contribution in [2.24, 2.45) is 0 Å². The van der Waals surface area contributed by atoms with E-state index in [2.05, 4.69) is 10.6 Å². The largest absolute Gasteiger partial charge is 0.355 e. The lowest BCUT2D eigenvalue weighted by Crippen LogP contribution is -2.44. The molecule has 1 aromatic rings. The average Bonchev–Trinajstić information content (AvgIpc) is 2.97. The SMILES string of the molecule is CCNC(=O)[C@H](C)NC(=O)/C=C/c1ccc(S(=O)(=O)N2CCCCCC2)cc1. The third kappa shape index (κ3) is 6.17. The van der Waals surface area contributed by atoms with E-state index in [1.165, 1.54) is 6.08 Å². The van der Waals surface area contributed by atoms with Gasteiger partial charge in [0, 0.05) is 25.7 Å². The summed E-state index contributed by atoms with van der Waals surface area (Å²) in [7, 11) is -3.48. The highest BCUT2D eigenvalue weighted by atomic mass is 32.2. The van der Waals surface area contributed by atoms with Gasteiger partial charge in [-0.2, -0.15) is 4.31 Å². The minimum absolute atomic E-state index is 0.243. The zero-order valence-corrected chi connectivity index (χ0v) is 17.3. The molecule has 28 heavy (non-hydrogen) atoms. The Kier molecular flexibility index (Phi) is 8.19. The number of benzene rings is 1. The molecule has 1 heterocycles. The van der Waals surface area contributed by atoms with Gasteiger partial charge in [-0.05, 0) is 50.5 Å². The van der Waals surface area contributed by atoms with Crippen LogP contribution in [0, 0.1) is 0 Å². The van der Waals surface area contributed by atoms with Crippen molar-refractivity contribution in [2.75, 3.05) is 19.6 Å². The highest BCUT2D eigenvalue weighted by molar-refractivity contribution is 7.89. The van der Waals surface area contributed by atoms with Gasteiger partial charge in [-0.1, -0.05) is 25.0 Å². The lowest BCUT2D eigenvalue weighted by Gasteiger charge is -2.19. The van der Waals surface area contributed by atoms with Crippen LogP contribution >= 0.6 is 0 Å². The molecule has 2 amide bonds. The minimum atomic E-state index is -3.48. The molecule has 1 aliphatic heterocycles. The highest BCUT2D eigenvalue weighted by Gasteiger charge is 2.24. The van der Waals surface area contributed by atoms with Crippen LogP contribution in [0.3, 0.4) is 0 Å². The summed E-state index contributed by atoms with van der Waals surface area (Å²) in [6.45, 7) is 5.05. The Bertz CT molecular complexity index is 795. The maximum absolute atomic E-state index is 12.8. The molecular formula is C20H29N3O4S. The molecule has 1 fully saturated rings. The molecule has 0 bridgehead atoms. The summed E-state index contributed by atoms with van der Waals surface area (Å²) in [5.41, 5.74) is 0.704. The van der Waals surface area contributed by atoms with E-state index >= 15 is 0 Å². The molecule has 1 saturated heterocycles. The molecule has 7 nitrogen and oxygen atoms in total. The van der Waals surface area contributed by atoms with Crippen molar-refractivity contribution in [3.05, 3.63) is 35.9 Å². The average molecular weight is 408 g/mol. The number of nitrogens with zero attached hydrogens (tertiary/aromatic N) is 1. The molecule has 1 aliphatic rings. The normalized spacial score (nSPS) is 17.1. The van der Waals surface area contributed by atoms with Gasteiger partial charge in [0.15, 0.2) is 0 Å². The number of sulfonamides is 1. The highest BCUT2D eigenvalue weighted by Crippen LogP contribution is 2.20. The van der Waals surface area contributed by atoms with Gasteiger partial charge in [0.25, 0.3) is 0 Å². The van der Waals surface area contributed by atoms with Crippen molar-refractivity contribution < 1.29 is 18.0 Å². The van der Waals surface area contributed by atoms with Crippen LogP contribution in [0.25, 0.3) is 6.08 Å². The molecule has 0 unspecified atom stereocenters. The third-order valence-corrected chi connectivity index (χ3v) is 6.53. The smallest absolute Gasteiger partial charge is 0.244 e. The zero-order chi connectivity index (χ0) is 20.6. The number of nitrogens with one attached hydrogen (secondary N) is 2. The van der Waals surface area contributed by atoms with Crippen molar-refractivity contribution in [3.8, 4) is 0 Å². The Balaban J connectivity index is 1.99. The van der Waals surface area contributed by atoms with Gasteiger partial charge in [0.2, 0.25) is 21.8 Å². The fourth-order valence-electron chi connectivity index (χ4n) is 3.01. The monoisotopic (exact) mass is 407 g/mol. The lowest BCUT2D eigenvalue weighted by molar-refractivity contribution is -0.126. The van der Waals surface area contributed by atoms with Crippen LogP contribution in [0.4, 0.5) is 0 Å². The summed E-state index contributed by atoms with van der Waals surface area (Å²) in [5, 5.41) is 5.22. The summed E-state index contributed by atoms with van der Waals surface area (Å²) in [4.78, 5) is 23.8. The van der Waals surface area contributed by atoms with Gasteiger partial charge in [-0.25, -0.2) is 8.42 Å². The first kappa shape index (κ1) is 22.1. The molecule has 0 aliphatic carbocycles. The molecule has 0 saturated carbocycles. The molecule has 2 N–H and O–H groups in total. The van der Waals surface area contributed by atoms with Crippen LogP contribution in [0.2, 0.25) is 0 Å². The van der Waals surface area contributed by atoms with Crippen molar-refractivity contribution >= 4 is 27.9 Å². The van der Waals surface area contributed by atoms with E-state index in [0.29, 0.717) is 25.2 Å². The van der Waals surface area contributed by atoms with E-state index in [1.807, 2.05) is 6.92 Å². The quantitative estimate of drug-likeness (QED) is 0.675. The lowest BCUT2D eigenvalue weighted by atomic mass is 10.2. The summed E-state index contributed by atoms with van der Waals surface area (Å²) in [5.74, 6) is -0.632. The first-order chi connectivity index (χ1) is 13.3.